The van der Waals surface area contributed by atoms with Gasteiger partial charge in [0.25, 0.3) is 0 Å². The van der Waals surface area contributed by atoms with Gasteiger partial charge >= 0.3 is 0 Å². The molecule has 0 atom stereocenters. The van der Waals surface area contributed by atoms with Crippen molar-refractivity contribution in [3.05, 3.63) is 12.5 Å². The summed E-state index contributed by atoms with van der Waals surface area (Å²) >= 11 is 0. The second-order valence-corrected chi connectivity index (χ2v) is 1.87. The van der Waals surface area contributed by atoms with E-state index >= 15 is 0 Å². The van der Waals surface area contributed by atoms with E-state index in [0.29, 0.717) is 0 Å². The van der Waals surface area contributed by atoms with Gasteiger partial charge in [-0.25, -0.2) is 0 Å². The van der Waals surface area contributed by atoms with Crippen LogP contribution in [-0.4, -0.2) is 12.2 Å². The van der Waals surface area contributed by atoms with Crippen LogP contribution in [0.1, 0.15) is 21.7 Å². The molecule has 0 aliphatic rings. The van der Waals surface area contributed by atoms with E-state index in [0.717, 1.165) is 5.69 Å². The number of nitrogens with zero attached hydrogens (tertiary/aromatic N) is 1. The molecule has 0 radical (unpaired) electrons. The van der Waals surface area contributed by atoms with Crippen LogP contribution in [0.5, 0.6) is 0 Å². The van der Waals surface area contributed by atoms with Crippen molar-refractivity contribution in [3.63, 3.8) is 0 Å². The SMILES string of the molecule is CCC.CNc1cnoc1.[HH]. The summed E-state index contributed by atoms with van der Waals surface area (Å²) in [6.07, 6.45) is 4.40. The Balaban J connectivity index is 0. The Morgan fingerprint density at radius 2 is 2.30 bits per heavy atom. The molecule has 0 saturated heterocycles. The molecule has 0 aliphatic heterocycles. The summed E-state index contributed by atoms with van der Waals surface area (Å²) in [7, 11) is 1.81. The van der Waals surface area contributed by atoms with E-state index in [2.05, 4.69) is 28.8 Å². The normalized spacial score (nSPS) is 7.90. The first-order valence-corrected chi connectivity index (χ1v) is 3.42. The third kappa shape index (κ3) is 3.95. The third-order valence-electron chi connectivity index (χ3n) is 0.721. The molecule has 0 amide bonds. The van der Waals surface area contributed by atoms with Crippen LogP contribution in [0.25, 0.3) is 0 Å². The Bertz CT molecular complexity index is 142. The van der Waals surface area contributed by atoms with Crippen molar-refractivity contribution in [1.82, 2.24) is 5.16 Å². The Kier molecular flexibility index (Phi) is 5.53. The van der Waals surface area contributed by atoms with Gasteiger partial charge in [-0.1, -0.05) is 25.4 Å². The van der Waals surface area contributed by atoms with Gasteiger partial charge < -0.3 is 9.84 Å². The molecule has 10 heavy (non-hydrogen) atoms. The lowest BCUT2D eigenvalue weighted by Crippen LogP contribution is -1.81. The van der Waals surface area contributed by atoms with Crippen molar-refractivity contribution in [2.24, 2.45) is 0 Å². The highest BCUT2D eigenvalue weighted by Crippen LogP contribution is 1.99. The summed E-state index contributed by atoms with van der Waals surface area (Å²) in [4.78, 5) is 0. The maximum Gasteiger partial charge on any atom is 0.146 e. The number of anilines is 1. The molecule has 0 fully saturated rings. The summed E-state index contributed by atoms with van der Waals surface area (Å²) in [6.45, 7) is 4.25. The van der Waals surface area contributed by atoms with Gasteiger partial charge in [0.15, 0.2) is 0 Å². The highest BCUT2D eigenvalue weighted by Gasteiger charge is 1.83. The van der Waals surface area contributed by atoms with Crippen LogP contribution >= 0.6 is 0 Å². The Morgan fingerprint density at radius 3 is 2.50 bits per heavy atom. The van der Waals surface area contributed by atoms with Crippen molar-refractivity contribution in [2.75, 3.05) is 12.4 Å². The van der Waals surface area contributed by atoms with Gasteiger partial charge in [0.05, 0.1) is 11.9 Å². The van der Waals surface area contributed by atoms with Gasteiger partial charge in [0, 0.05) is 8.47 Å². The number of hydrogen-bond donors (Lipinski definition) is 1. The zero-order chi connectivity index (χ0) is 7.82. The van der Waals surface area contributed by atoms with Gasteiger partial charge in [0.1, 0.15) is 6.26 Å². The zero-order valence-electron chi connectivity index (χ0n) is 6.72. The minimum absolute atomic E-state index is 0. The van der Waals surface area contributed by atoms with Crippen LogP contribution in [0, 0.1) is 0 Å². The number of nitrogens with one attached hydrogen (secondary N) is 1. The predicted molar refractivity (Wildman–Crippen MR) is 44.1 cm³/mol. The molecule has 0 aromatic carbocycles. The molecule has 3 nitrogen and oxygen atoms in total. The largest absolute Gasteiger partial charge is 0.384 e. The second kappa shape index (κ2) is 6.13. The van der Waals surface area contributed by atoms with Crippen molar-refractivity contribution >= 4 is 5.69 Å². The van der Waals surface area contributed by atoms with E-state index in [1.54, 1.807) is 12.5 Å². The predicted octanol–water partition coefficient (Wildman–Crippen LogP) is 2.38. The average Bonchev–Trinajstić information content (AvgIpc) is 2.39. The van der Waals surface area contributed by atoms with Crippen LogP contribution in [0.2, 0.25) is 0 Å². The first-order valence-electron chi connectivity index (χ1n) is 3.42. The molecule has 1 heterocycles. The first kappa shape index (κ1) is 9.01. The molecule has 0 unspecified atom stereocenters. The third-order valence-corrected chi connectivity index (χ3v) is 0.721. The van der Waals surface area contributed by atoms with E-state index in [9.17, 15) is 0 Å². The van der Waals surface area contributed by atoms with Gasteiger partial charge in [-0.2, -0.15) is 0 Å². The molecule has 1 rings (SSSR count). The second-order valence-electron chi connectivity index (χ2n) is 1.87. The Hall–Kier alpha value is -0.990. The molecule has 1 aromatic rings. The quantitative estimate of drug-likeness (QED) is 0.657. The number of rotatable bonds is 1. The summed E-state index contributed by atoms with van der Waals surface area (Å²) < 4.78 is 4.49. The van der Waals surface area contributed by atoms with Gasteiger partial charge in [0.2, 0.25) is 0 Å². The van der Waals surface area contributed by atoms with Gasteiger partial charge in [-0.15, -0.1) is 0 Å². The van der Waals surface area contributed by atoms with E-state index in [1.807, 2.05) is 7.05 Å². The fourth-order valence-corrected chi connectivity index (χ4v) is 0.328. The molecular formula is C7H16N2O. The lowest BCUT2D eigenvalue weighted by molar-refractivity contribution is 0.420. The Labute approximate surface area is 62.9 Å². The number of aromatic nitrogens is 1. The van der Waals surface area contributed by atoms with E-state index in [4.69, 9.17) is 0 Å². The topological polar surface area (TPSA) is 38.1 Å². The summed E-state index contributed by atoms with van der Waals surface area (Å²) in [6, 6.07) is 0. The molecule has 1 N–H and O–H groups in total. The highest BCUT2D eigenvalue weighted by molar-refractivity contribution is 5.34. The van der Waals surface area contributed by atoms with Crippen molar-refractivity contribution in [2.45, 2.75) is 20.3 Å². The fourth-order valence-electron chi connectivity index (χ4n) is 0.328. The van der Waals surface area contributed by atoms with E-state index < -0.39 is 0 Å². The zero-order valence-corrected chi connectivity index (χ0v) is 6.72. The minimum Gasteiger partial charge on any atom is -0.384 e. The molecular weight excluding hydrogens is 128 g/mol. The van der Waals surface area contributed by atoms with Crippen LogP contribution < -0.4 is 5.32 Å². The Morgan fingerprint density at radius 1 is 1.70 bits per heavy atom. The number of hydrogen-bond acceptors (Lipinski definition) is 3. The van der Waals surface area contributed by atoms with Gasteiger partial charge in [-0.3, -0.25) is 0 Å². The van der Waals surface area contributed by atoms with Crippen LogP contribution in [0.4, 0.5) is 5.69 Å². The molecule has 0 aliphatic carbocycles. The molecule has 3 heteroatoms. The van der Waals surface area contributed by atoms with Crippen LogP contribution in [0.3, 0.4) is 0 Å². The van der Waals surface area contributed by atoms with Gasteiger partial charge in [-0.05, 0) is 0 Å². The maximum atomic E-state index is 4.49. The summed E-state index contributed by atoms with van der Waals surface area (Å²) in [5, 5.41) is 6.31. The van der Waals surface area contributed by atoms with Crippen LogP contribution in [-0.2, 0) is 0 Å². The fraction of sp³-hybridized carbons (Fsp3) is 0.571. The summed E-state index contributed by atoms with van der Waals surface area (Å²) in [5.74, 6) is 0. The lowest BCUT2D eigenvalue weighted by Gasteiger charge is -1.82. The first-order chi connectivity index (χ1) is 4.85. The molecule has 0 bridgehead atoms. The highest BCUT2D eigenvalue weighted by atomic mass is 16.5. The van der Waals surface area contributed by atoms with Crippen molar-refractivity contribution in [3.8, 4) is 0 Å². The van der Waals surface area contributed by atoms with Crippen LogP contribution in [0.15, 0.2) is 17.0 Å². The maximum absolute atomic E-state index is 4.49. The minimum atomic E-state index is 0. The molecule has 0 spiro atoms. The van der Waals surface area contributed by atoms with Crippen molar-refractivity contribution < 1.29 is 5.95 Å². The van der Waals surface area contributed by atoms with Crippen molar-refractivity contribution in [1.29, 1.82) is 0 Å². The molecule has 60 valence electrons. The van der Waals surface area contributed by atoms with E-state index in [1.165, 1.54) is 6.42 Å². The lowest BCUT2D eigenvalue weighted by atomic mass is 10.6. The summed E-state index contributed by atoms with van der Waals surface area (Å²) in [5.41, 5.74) is 0.903. The smallest absolute Gasteiger partial charge is 0.146 e. The monoisotopic (exact) mass is 144 g/mol. The standard InChI is InChI=1S/C4H6N2O.C3H8.H2/c1-5-4-2-6-7-3-4;1-3-2;/h2-3,5H,1H3;3H2,1-2H3;1H. The molecule has 0 saturated carbocycles. The molecule has 1 aromatic heterocycles. The van der Waals surface area contributed by atoms with E-state index in [-0.39, 0.29) is 1.43 Å². The average molecular weight is 144 g/mol.